The van der Waals surface area contributed by atoms with Gasteiger partial charge in [0.2, 0.25) is 0 Å². The summed E-state index contributed by atoms with van der Waals surface area (Å²) in [6.07, 6.45) is -0.358. The number of nitrogens with one attached hydrogen (secondary N) is 3. The van der Waals surface area contributed by atoms with Crippen molar-refractivity contribution in [1.29, 1.82) is 0 Å². The molecule has 1 aliphatic rings. The number of urea groups is 1. The van der Waals surface area contributed by atoms with E-state index in [9.17, 15) is 19.2 Å². The lowest BCUT2D eigenvalue weighted by Gasteiger charge is -2.25. The van der Waals surface area contributed by atoms with E-state index in [4.69, 9.17) is 4.74 Å². The minimum atomic E-state index is -1.26. The summed E-state index contributed by atoms with van der Waals surface area (Å²) < 4.78 is 5.20. The lowest BCUT2D eigenvalue weighted by atomic mass is 9.87. The quantitative estimate of drug-likeness (QED) is 0.618. The first-order valence-electron chi connectivity index (χ1n) is 10.2. The van der Waals surface area contributed by atoms with Crippen molar-refractivity contribution in [3.63, 3.8) is 0 Å². The van der Waals surface area contributed by atoms with Crippen molar-refractivity contribution in [2.24, 2.45) is 0 Å². The van der Waals surface area contributed by atoms with Gasteiger partial charge >= 0.3 is 12.1 Å². The molecule has 1 fully saturated rings. The molecule has 5 amide bonds. The topological polar surface area (TPSA) is 117 Å². The molecule has 9 nitrogen and oxygen atoms in total. The van der Waals surface area contributed by atoms with Crippen molar-refractivity contribution in [2.75, 3.05) is 5.32 Å². The average molecular weight is 438 g/mol. The first-order valence-corrected chi connectivity index (χ1v) is 10.2. The molecule has 2 aromatic rings. The number of benzene rings is 2. The van der Waals surface area contributed by atoms with E-state index in [2.05, 4.69) is 16.1 Å². The van der Waals surface area contributed by atoms with Crippen LogP contribution in [0.3, 0.4) is 0 Å². The van der Waals surface area contributed by atoms with Gasteiger partial charge in [0, 0.05) is 11.3 Å². The van der Waals surface area contributed by atoms with E-state index in [-0.39, 0.29) is 5.56 Å². The number of hydrogen-bond acceptors (Lipinski definition) is 5. The Morgan fingerprint density at radius 3 is 2.38 bits per heavy atom. The largest absolute Gasteiger partial charge is 0.444 e. The van der Waals surface area contributed by atoms with Crippen LogP contribution < -0.4 is 16.1 Å². The van der Waals surface area contributed by atoms with Crippen LogP contribution in [0.1, 0.15) is 50.0 Å². The maximum atomic E-state index is 13.1. The number of anilines is 1. The van der Waals surface area contributed by atoms with Crippen LogP contribution in [0.25, 0.3) is 0 Å². The summed E-state index contributed by atoms with van der Waals surface area (Å²) in [6, 6.07) is 14.2. The number of hydrazine groups is 1. The van der Waals surface area contributed by atoms with Gasteiger partial charge in [0.05, 0.1) is 0 Å². The Morgan fingerprint density at radius 1 is 1.06 bits per heavy atom. The first-order chi connectivity index (χ1) is 15.1. The molecular weight excluding hydrogens is 412 g/mol. The fraction of sp³-hybridized carbons (Fsp3) is 0.304. The van der Waals surface area contributed by atoms with Gasteiger partial charge < -0.3 is 10.1 Å². The van der Waals surface area contributed by atoms with Crippen LogP contribution in [0.4, 0.5) is 15.3 Å². The third kappa shape index (κ3) is 4.72. The molecule has 32 heavy (non-hydrogen) atoms. The van der Waals surface area contributed by atoms with Crippen LogP contribution in [0.5, 0.6) is 0 Å². The Bertz CT molecular complexity index is 1050. The van der Waals surface area contributed by atoms with Crippen LogP contribution >= 0.6 is 0 Å². The highest BCUT2D eigenvalue weighted by molar-refractivity contribution is 6.09. The molecule has 0 aromatic heterocycles. The highest BCUT2D eigenvalue weighted by Crippen LogP contribution is 2.31. The summed E-state index contributed by atoms with van der Waals surface area (Å²) in [5.74, 6) is -1.26. The molecule has 1 unspecified atom stereocenters. The fourth-order valence-corrected chi connectivity index (χ4v) is 3.36. The van der Waals surface area contributed by atoms with E-state index in [1.807, 2.05) is 6.07 Å². The zero-order chi connectivity index (χ0) is 23.5. The molecule has 0 saturated carbocycles. The van der Waals surface area contributed by atoms with Crippen LogP contribution in [-0.2, 0) is 15.1 Å². The molecular formula is C23H26N4O5. The molecule has 0 aliphatic carbocycles. The van der Waals surface area contributed by atoms with E-state index >= 15 is 0 Å². The van der Waals surface area contributed by atoms with Crippen molar-refractivity contribution < 1.29 is 23.9 Å². The van der Waals surface area contributed by atoms with E-state index in [0.717, 1.165) is 0 Å². The highest BCUT2D eigenvalue weighted by Gasteiger charge is 2.52. The van der Waals surface area contributed by atoms with E-state index < -0.39 is 35.1 Å². The number of amides is 5. The number of hydrogen-bond donors (Lipinski definition) is 3. The third-order valence-electron chi connectivity index (χ3n) is 4.87. The van der Waals surface area contributed by atoms with Crippen molar-refractivity contribution in [3.8, 4) is 0 Å². The van der Waals surface area contributed by atoms with E-state index in [1.165, 1.54) is 12.1 Å². The summed E-state index contributed by atoms with van der Waals surface area (Å²) in [5, 5.41) is 5.93. The van der Waals surface area contributed by atoms with E-state index in [0.29, 0.717) is 22.7 Å². The molecule has 9 heteroatoms. The summed E-state index contributed by atoms with van der Waals surface area (Å²) in [7, 11) is 0. The molecule has 1 aliphatic heterocycles. The van der Waals surface area contributed by atoms with Crippen LogP contribution in [0, 0.1) is 0 Å². The number of nitrogens with zero attached hydrogens (tertiary/aromatic N) is 1. The SMILES string of the molecule is CCC1(c2ccccc2)NC(=O)N(NC(=O)c2cccc(NC(=O)OC(C)(C)C)c2)C1=O. The smallest absolute Gasteiger partial charge is 0.412 e. The van der Waals surface area contributed by atoms with Gasteiger partial charge in [0.1, 0.15) is 11.1 Å². The van der Waals surface area contributed by atoms with Gasteiger partial charge in [-0.3, -0.25) is 20.3 Å². The molecule has 2 aromatic carbocycles. The first kappa shape index (κ1) is 22.8. The Labute approximate surface area is 186 Å². The lowest BCUT2D eigenvalue weighted by molar-refractivity contribution is -0.133. The number of carbonyl (C=O) groups excluding carboxylic acids is 4. The third-order valence-corrected chi connectivity index (χ3v) is 4.87. The number of rotatable bonds is 5. The van der Waals surface area contributed by atoms with Gasteiger partial charge in [-0.25, -0.2) is 9.59 Å². The zero-order valence-corrected chi connectivity index (χ0v) is 18.4. The van der Waals surface area contributed by atoms with Crippen LogP contribution in [-0.4, -0.2) is 34.5 Å². The number of imide groups is 1. The molecule has 1 atom stereocenters. The minimum absolute atomic E-state index is 0.146. The Kier molecular flexibility index (Phi) is 6.20. The molecule has 1 heterocycles. The van der Waals surface area contributed by atoms with Crippen molar-refractivity contribution >= 4 is 29.6 Å². The predicted octanol–water partition coefficient (Wildman–Crippen LogP) is 3.54. The van der Waals surface area contributed by atoms with Crippen molar-refractivity contribution in [3.05, 3.63) is 65.7 Å². The molecule has 0 spiro atoms. The van der Waals surface area contributed by atoms with Gasteiger partial charge in [-0.15, -0.1) is 0 Å². The molecule has 3 rings (SSSR count). The van der Waals surface area contributed by atoms with E-state index in [1.54, 1.807) is 64.1 Å². The summed E-state index contributed by atoms with van der Waals surface area (Å²) >= 11 is 0. The second-order valence-electron chi connectivity index (χ2n) is 8.34. The van der Waals surface area contributed by atoms with Gasteiger partial charge in [-0.1, -0.05) is 43.3 Å². The van der Waals surface area contributed by atoms with Gasteiger partial charge in [0.25, 0.3) is 11.8 Å². The predicted molar refractivity (Wildman–Crippen MR) is 118 cm³/mol. The molecule has 168 valence electrons. The molecule has 0 radical (unpaired) electrons. The summed E-state index contributed by atoms with van der Waals surface area (Å²) in [5.41, 5.74) is 1.53. The van der Waals surface area contributed by atoms with Crippen molar-refractivity contribution in [2.45, 2.75) is 45.3 Å². The second kappa shape index (κ2) is 8.70. The minimum Gasteiger partial charge on any atom is -0.444 e. The Hall–Kier alpha value is -3.88. The second-order valence-corrected chi connectivity index (χ2v) is 8.34. The summed E-state index contributed by atoms with van der Waals surface area (Å²) in [4.78, 5) is 50.4. The molecule has 0 bridgehead atoms. The number of ether oxygens (including phenoxy) is 1. The monoisotopic (exact) mass is 438 g/mol. The van der Waals surface area contributed by atoms with Gasteiger partial charge in [-0.2, -0.15) is 5.01 Å². The maximum Gasteiger partial charge on any atom is 0.412 e. The Morgan fingerprint density at radius 2 is 1.75 bits per heavy atom. The highest BCUT2D eigenvalue weighted by atomic mass is 16.6. The fourth-order valence-electron chi connectivity index (χ4n) is 3.36. The Balaban J connectivity index is 1.75. The lowest BCUT2D eigenvalue weighted by Crippen LogP contribution is -2.48. The number of carbonyl (C=O) groups is 4. The van der Waals surface area contributed by atoms with Crippen LogP contribution in [0.15, 0.2) is 54.6 Å². The van der Waals surface area contributed by atoms with Gasteiger partial charge in [0.15, 0.2) is 0 Å². The van der Waals surface area contributed by atoms with Gasteiger partial charge in [-0.05, 0) is 51.0 Å². The zero-order valence-electron chi connectivity index (χ0n) is 18.4. The standard InChI is InChI=1S/C23H26N4O5/c1-5-23(16-11-7-6-8-12-16)19(29)27(20(30)25-23)26-18(28)15-10-9-13-17(14-15)24-21(31)32-22(2,3)4/h6-14H,5H2,1-4H3,(H,24,31)(H,25,30)(H,26,28). The van der Waals surface area contributed by atoms with Crippen molar-refractivity contribution in [1.82, 2.24) is 15.8 Å². The molecule has 1 saturated heterocycles. The average Bonchev–Trinajstić information content (AvgIpc) is 2.98. The van der Waals surface area contributed by atoms with Crippen LogP contribution in [0.2, 0.25) is 0 Å². The maximum absolute atomic E-state index is 13.1. The summed E-state index contributed by atoms with van der Waals surface area (Å²) in [6.45, 7) is 6.99. The normalized spacial score (nSPS) is 18.2. The molecule has 3 N–H and O–H groups in total.